The van der Waals surface area contributed by atoms with Crippen LogP contribution >= 0.6 is 0 Å². The molecule has 5 nitrogen and oxygen atoms in total. The molecule has 0 bridgehead atoms. The maximum absolute atomic E-state index is 13.8. The highest BCUT2D eigenvalue weighted by molar-refractivity contribution is 7.89. The smallest absolute Gasteiger partial charge is 0.244 e. The van der Waals surface area contributed by atoms with Crippen LogP contribution in [0.2, 0.25) is 0 Å². The maximum atomic E-state index is 13.8. The van der Waals surface area contributed by atoms with Gasteiger partial charge in [0.15, 0.2) is 0 Å². The molecule has 1 amide bonds. The second kappa shape index (κ2) is 8.36. The minimum Gasteiger partial charge on any atom is -0.324 e. The van der Waals surface area contributed by atoms with Crippen molar-refractivity contribution >= 4 is 21.6 Å². The standard InChI is InChI=1S/C28H28N2O3S/c31-28(29-27-24-14-6-10-20(24)16-21-11-7-15-25(21)27)26-17-19-8-4-5-9-22(19)18-30(26)34(32,33)23-12-2-1-3-13-23/h1-5,8-9,12-13,16,26H,6-7,10-11,14-15,17-18H2,(H,29,31). The van der Waals surface area contributed by atoms with E-state index < -0.39 is 16.1 Å². The normalized spacial score (nSPS) is 19.4. The largest absolute Gasteiger partial charge is 0.324 e. The summed E-state index contributed by atoms with van der Waals surface area (Å²) in [5, 5.41) is 3.25. The Morgan fingerprint density at radius 2 is 1.41 bits per heavy atom. The van der Waals surface area contributed by atoms with E-state index in [2.05, 4.69) is 11.4 Å². The summed E-state index contributed by atoms with van der Waals surface area (Å²) >= 11 is 0. The van der Waals surface area contributed by atoms with Crippen LogP contribution in [0.1, 0.15) is 46.2 Å². The number of amides is 1. The number of carbonyl (C=O) groups excluding carboxylic acids is 1. The number of benzene rings is 3. The SMILES string of the molecule is O=C(Nc1c2c(cc3c1CCC3)CCC2)C1Cc2ccccc2CN1S(=O)(=O)c1ccccc1. The van der Waals surface area contributed by atoms with Gasteiger partial charge in [-0.2, -0.15) is 4.31 Å². The van der Waals surface area contributed by atoms with E-state index in [1.54, 1.807) is 30.3 Å². The number of hydrogen-bond acceptors (Lipinski definition) is 3. The Bertz CT molecular complexity index is 1350. The molecule has 0 saturated carbocycles. The fourth-order valence-electron chi connectivity index (χ4n) is 5.88. The van der Waals surface area contributed by atoms with E-state index in [1.807, 2.05) is 24.3 Å². The van der Waals surface area contributed by atoms with Gasteiger partial charge in [0.25, 0.3) is 0 Å². The molecule has 6 rings (SSSR count). The van der Waals surface area contributed by atoms with Crippen molar-refractivity contribution in [2.45, 2.75) is 62.4 Å². The van der Waals surface area contributed by atoms with Crippen LogP contribution in [0.4, 0.5) is 5.69 Å². The van der Waals surface area contributed by atoms with Gasteiger partial charge in [0.1, 0.15) is 6.04 Å². The Balaban J connectivity index is 1.40. The van der Waals surface area contributed by atoms with Gasteiger partial charge in [-0.05, 0) is 90.5 Å². The van der Waals surface area contributed by atoms with E-state index in [0.717, 1.165) is 55.3 Å². The lowest BCUT2D eigenvalue weighted by molar-refractivity contribution is -0.120. The minimum absolute atomic E-state index is 0.191. The summed E-state index contributed by atoms with van der Waals surface area (Å²) < 4.78 is 28.8. The Morgan fingerprint density at radius 1 is 0.794 bits per heavy atom. The fraction of sp³-hybridized carbons (Fsp3) is 0.321. The lowest BCUT2D eigenvalue weighted by Crippen LogP contribution is -2.50. The zero-order valence-electron chi connectivity index (χ0n) is 19.1. The zero-order valence-corrected chi connectivity index (χ0v) is 19.9. The van der Waals surface area contributed by atoms with E-state index >= 15 is 0 Å². The molecule has 34 heavy (non-hydrogen) atoms. The number of nitrogens with one attached hydrogen (secondary N) is 1. The fourth-order valence-corrected chi connectivity index (χ4v) is 7.46. The first-order valence-electron chi connectivity index (χ1n) is 12.1. The van der Waals surface area contributed by atoms with E-state index in [0.29, 0.717) is 6.42 Å². The molecule has 3 aliphatic rings. The lowest BCUT2D eigenvalue weighted by atomic mass is 9.94. The van der Waals surface area contributed by atoms with E-state index in [4.69, 9.17) is 0 Å². The van der Waals surface area contributed by atoms with Crippen LogP contribution in [0.5, 0.6) is 0 Å². The van der Waals surface area contributed by atoms with Crippen molar-refractivity contribution in [1.29, 1.82) is 0 Å². The average molecular weight is 473 g/mol. The van der Waals surface area contributed by atoms with E-state index in [1.165, 1.54) is 26.6 Å². The molecule has 6 heteroatoms. The van der Waals surface area contributed by atoms with Crippen molar-refractivity contribution in [3.05, 3.63) is 94.0 Å². The van der Waals surface area contributed by atoms with Gasteiger partial charge < -0.3 is 5.32 Å². The highest BCUT2D eigenvalue weighted by atomic mass is 32.2. The summed E-state index contributed by atoms with van der Waals surface area (Å²) in [6, 6.07) is 17.8. The summed E-state index contributed by atoms with van der Waals surface area (Å²) in [6.45, 7) is 0.191. The van der Waals surface area contributed by atoms with Crippen molar-refractivity contribution in [3.63, 3.8) is 0 Å². The van der Waals surface area contributed by atoms with Gasteiger partial charge in [0, 0.05) is 12.2 Å². The Morgan fingerprint density at radius 3 is 2.09 bits per heavy atom. The van der Waals surface area contributed by atoms with Gasteiger partial charge in [0.2, 0.25) is 15.9 Å². The Labute approximate surface area is 200 Å². The first-order valence-corrected chi connectivity index (χ1v) is 13.6. The van der Waals surface area contributed by atoms with Crippen LogP contribution in [0.15, 0.2) is 65.6 Å². The van der Waals surface area contributed by atoms with Crippen LogP contribution in [0, 0.1) is 0 Å². The molecule has 2 aliphatic carbocycles. The predicted molar refractivity (Wildman–Crippen MR) is 132 cm³/mol. The molecule has 1 heterocycles. The third kappa shape index (κ3) is 3.56. The van der Waals surface area contributed by atoms with Gasteiger partial charge in [-0.3, -0.25) is 4.79 Å². The molecule has 174 valence electrons. The number of carbonyl (C=O) groups is 1. The summed E-state index contributed by atoms with van der Waals surface area (Å²) in [4.78, 5) is 14.1. The molecular weight excluding hydrogens is 444 g/mol. The van der Waals surface area contributed by atoms with Crippen molar-refractivity contribution in [2.24, 2.45) is 0 Å². The third-order valence-electron chi connectivity index (χ3n) is 7.58. The summed E-state index contributed by atoms with van der Waals surface area (Å²) in [5.74, 6) is -0.233. The lowest BCUT2D eigenvalue weighted by Gasteiger charge is -2.35. The Kier molecular flexibility index (Phi) is 5.30. The summed E-state index contributed by atoms with van der Waals surface area (Å²) in [7, 11) is -3.84. The van der Waals surface area contributed by atoms with Crippen molar-refractivity contribution < 1.29 is 13.2 Å². The van der Waals surface area contributed by atoms with Crippen LogP contribution in [0.25, 0.3) is 0 Å². The van der Waals surface area contributed by atoms with Crippen LogP contribution in [0.3, 0.4) is 0 Å². The van der Waals surface area contributed by atoms with Gasteiger partial charge >= 0.3 is 0 Å². The molecule has 0 spiro atoms. The topological polar surface area (TPSA) is 66.5 Å². The first-order chi connectivity index (χ1) is 16.5. The third-order valence-corrected chi connectivity index (χ3v) is 9.45. The molecule has 0 radical (unpaired) electrons. The monoisotopic (exact) mass is 472 g/mol. The minimum atomic E-state index is -3.84. The number of rotatable bonds is 4. The van der Waals surface area contributed by atoms with Crippen molar-refractivity contribution in [3.8, 4) is 0 Å². The average Bonchev–Trinajstić information content (AvgIpc) is 3.53. The summed E-state index contributed by atoms with van der Waals surface area (Å²) in [5.41, 5.74) is 8.14. The van der Waals surface area contributed by atoms with Crippen LogP contribution in [-0.2, 0) is 53.5 Å². The summed E-state index contributed by atoms with van der Waals surface area (Å²) in [6.07, 6.45) is 6.62. The van der Waals surface area contributed by atoms with Crippen LogP contribution in [-0.4, -0.2) is 24.7 Å². The number of fused-ring (bicyclic) bond motifs is 3. The number of aryl methyl sites for hydroxylation is 2. The molecule has 3 aromatic carbocycles. The molecule has 0 saturated heterocycles. The second-order valence-electron chi connectivity index (χ2n) is 9.58. The van der Waals surface area contributed by atoms with Crippen molar-refractivity contribution in [1.82, 2.24) is 4.31 Å². The van der Waals surface area contributed by atoms with Gasteiger partial charge in [0.05, 0.1) is 4.90 Å². The van der Waals surface area contributed by atoms with Gasteiger partial charge in [-0.25, -0.2) is 8.42 Å². The molecule has 0 aromatic heterocycles. The van der Waals surface area contributed by atoms with E-state index in [-0.39, 0.29) is 17.3 Å². The number of sulfonamides is 1. The molecular formula is C28H28N2O3S. The quantitative estimate of drug-likeness (QED) is 0.611. The molecule has 1 N–H and O–H groups in total. The Hall–Kier alpha value is -2.96. The second-order valence-corrected chi connectivity index (χ2v) is 11.5. The number of hydrogen-bond donors (Lipinski definition) is 1. The molecule has 1 aliphatic heterocycles. The number of anilines is 1. The molecule has 1 unspecified atom stereocenters. The maximum Gasteiger partial charge on any atom is 0.244 e. The molecule has 1 atom stereocenters. The van der Waals surface area contributed by atoms with Crippen LogP contribution < -0.4 is 5.32 Å². The predicted octanol–water partition coefficient (Wildman–Crippen LogP) is 4.42. The zero-order chi connectivity index (χ0) is 23.3. The first kappa shape index (κ1) is 21.6. The highest BCUT2D eigenvalue weighted by Crippen LogP contribution is 2.39. The highest BCUT2D eigenvalue weighted by Gasteiger charge is 2.40. The van der Waals surface area contributed by atoms with Gasteiger partial charge in [-0.1, -0.05) is 48.5 Å². The van der Waals surface area contributed by atoms with Crippen molar-refractivity contribution in [2.75, 3.05) is 5.32 Å². The van der Waals surface area contributed by atoms with Gasteiger partial charge in [-0.15, -0.1) is 0 Å². The number of nitrogens with zero attached hydrogens (tertiary/aromatic N) is 1. The molecule has 3 aromatic rings. The van der Waals surface area contributed by atoms with E-state index in [9.17, 15) is 13.2 Å². The molecule has 0 fully saturated rings.